The predicted molar refractivity (Wildman–Crippen MR) is 199 cm³/mol. The second kappa shape index (κ2) is 15.1. The molecular weight excluding hydrogens is 693 g/mol. The summed E-state index contributed by atoms with van der Waals surface area (Å²) >= 11 is 0. The van der Waals surface area contributed by atoms with Gasteiger partial charge in [-0.3, -0.25) is 14.5 Å². The van der Waals surface area contributed by atoms with Crippen molar-refractivity contribution < 1.29 is 33.4 Å². The number of carbonyl (C=O) groups excluding carboxylic acids is 3. The van der Waals surface area contributed by atoms with Crippen molar-refractivity contribution in [1.29, 1.82) is 0 Å². The van der Waals surface area contributed by atoms with E-state index in [1.54, 1.807) is 11.1 Å². The molecule has 1 aliphatic carbocycles. The highest BCUT2D eigenvalue weighted by Gasteiger charge is 2.49. The number of amides is 3. The highest BCUT2D eigenvalue weighted by Crippen LogP contribution is 2.38. The van der Waals surface area contributed by atoms with Crippen LogP contribution < -0.4 is 10.4 Å². The lowest BCUT2D eigenvalue weighted by Gasteiger charge is -2.38. The van der Waals surface area contributed by atoms with Gasteiger partial charge < -0.3 is 33.9 Å². The van der Waals surface area contributed by atoms with Crippen LogP contribution in [0.1, 0.15) is 96.0 Å². The first-order chi connectivity index (χ1) is 25.6. The topological polar surface area (TPSA) is 146 Å². The number of carbonyl (C=O) groups is 3. The van der Waals surface area contributed by atoms with E-state index >= 15 is 0 Å². The normalized spacial score (nSPS) is 24.4. The molecule has 2 N–H and O–H groups in total. The number of hydrogen-bond acceptors (Lipinski definition) is 8. The number of nitrogens with zero attached hydrogens (tertiary/aromatic N) is 6. The largest absolute Gasteiger partial charge is 0.476 e. The number of aromatic nitrogens is 3. The molecule has 2 aromatic heterocycles. The van der Waals surface area contributed by atoms with Gasteiger partial charge in [-0.25, -0.2) is 14.2 Å². The molecule has 14 heteroatoms. The fourth-order valence-corrected chi connectivity index (χ4v) is 8.77. The number of hydrogen-bond donors (Lipinski definition) is 2. The maximum Gasteiger partial charge on any atom is 0.410 e. The van der Waals surface area contributed by atoms with Crippen molar-refractivity contribution in [1.82, 2.24) is 29.2 Å². The molecule has 0 radical (unpaired) electrons. The van der Waals surface area contributed by atoms with Gasteiger partial charge in [-0.1, -0.05) is 6.07 Å². The lowest BCUT2D eigenvalue weighted by atomic mass is 9.83. The van der Waals surface area contributed by atoms with Crippen LogP contribution in [0, 0.1) is 17.7 Å². The van der Waals surface area contributed by atoms with E-state index in [1.807, 2.05) is 50.2 Å². The molecule has 54 heavy (non-hydrogen) atoms. The molecule has 2 atom stereocenters. The van der Waals surface area contributed by atoms with E-state index in [4.69, 9.17) is 9.47 Å². The molecule has 4 fully saturated rings. The first kappa shape index (κ1) is 38.0. The van der Waals surface area contributed by atoms with E-state index in [9.17, 15) is 23.9 Å². The van der Waals surface area contributed by atoms with Gasteiger partial charge in [0.1, 0.15) is 18.0 Å². The number of piperazine rings is 1. The molecule has 0 unspecified atom stereocenters. The molecule has 5 heterocycles. The summed E-state index contributed by atoms with van der Waals surface area (Å²) in [5.74, 6) is -0.330. The number of imidazole rings is 1. The number of nitrogens with one attached hydrogen (secondary N) is 1. The maximum atomic E-state index is 14.0. The fourth-order valence-electron chi connectivity index (χ4n) is 8.77. The molecule has 0 spiro atoms. The van der Waals surface area contributed by atoms with Crippen molar-refractivity contribution in [2.24, 2.45) is 16.8 Å². The predicted octanol–water partition coefficient (Wildman–Crippen LogP) is 5.06. The lowest BCUT2D eigenvalue weighted by Crippen LogP contribution is -2.53. The molecule has 3 saturated heterocycles. The second-order valence-corrected chi connectivity index (χ2v) is 17.1. The van der Waals surface area contributed by atoms with Crippen LogP contribution in [-0.2, 0) is 9.53 Å². The Labute approximate surface area is 315 Å². The van der Waals surface area contributed by atoms with Crippen LogP contribution in [-0.4, -0.2) is 115 Å². The molecule has 7 rings (SSSR count). The van der Waals surface area contributed by atoms with E-state index < -0.39 is 22.9 Å². The highest BCUT2D eigenvalue weighted by molar-refractivity contribution is 5.95. The third kappa shape index (κ3) is 8.34. The Morgan fingerprint density at radius 2 is 1.67 bits per heavy atom. The Kier molecular flexibility index (Phi) is 10.6. The van der Waals surface area contributed by atoms with Crippen molar-refractivity contribution in [2.75, 3.05) is 39.3 Å². The number of aromatic amines is 1. The minimum atomic E-state index is -0.670. The van der Waals surface area contributed by atoms with Crippen LogP contribution in [0.2, 0.25) is 0 Å². The van der Waals surface area contributed by atoms with E-state index in [0.717, 1.165) is 44.4 Å². The summed E-state index contributed by atoms with van der Waals surface area (Å²) < 4.78 is 27.8. The molecule has 2 bridgehead atoms. The van der Waals surface area contributed by atoms with E-state index in [-0.39, 0.29) is 47.5 Å². The van der Waals surface area contributed by atoms with E-state index in [0.29, 0.717) is 62.4 Å². The minimum absolute atomic E-state index is 0.000381. The van der Waals surface area contributed by atoms with Gasteiger partial charge in [0.15, 0.2) is 0 Å². The summed E-state index contributed by atoms with van der Waals surface area (Å²) in [5.41, 5.74) is 0.706. The second-order valence-electron chi connectivity index (χ2n) is 17.1. The number of H-pyrrole nitrogens is 1. The molecule has 292 valence electrons. The Bertz CT molecular complexity index is 1930. The Balaban J connectivity index is 1.05. The van der Waals surface area contributed by atoms with Crippen LogP contribution in [0.25, 0.3) is 11.0 Å². The average molecular weight is 748 g/mol. The summed E-state index contributed by atoms with van der Waals surface area (Å²) in [6.07, 6.45) is 6.74. The zero-order valence-electron chi connectivity index (χ0n) is 32.1. The number of benzene rings is 1. The summed E-state index contributed by atoms with van der Waals surface area (Å²) in [6, 6.07) is 7.27. The molecule has 3 aliphatic heterocycles. The van der Waals surface area contributed by atoms with Crippen molar-refractivity contribution in [2.45, 2.75) is 109 Å². The van der Waals surface area contributed by atoms with Crippen LogP contribution in [0.3, 0.4) is 0 Å². The standard InChI is InChI=1S/C40H54FN7O6/c1-39(2,3)54-38(51)47-24-30-20-31(47)23-46(30)36(50)25-9-11-29(12-10-25)48-33-21-34(53-18-17-45-15-13-27(14-16-45)40(4,5)52)42-22-32(33)43-37(48)44-35(49)26-7-6-8-28(41)19-26/h6-8,19,21-22,25,27,29-31,52H,9-18,20,23-24H2,1-5H3,(H,43,44,49)/t25-,29+,30-,31-/m1/s1. The fraction of sp³-hybridized carbons (Fsp3) is 0.625. The van der Waals surface area contributed by atoms with Crippen molar-refractivity contribution >= 4 is 28.9 Å². The van der Waals surface area contributed by atoms with Gasteiger partial charge in [0, 0.05) is 43.2 Å². The number of ether oxygens (including phenoxy) is 2. The number of halogens is 1. The zero-order chi connectivity index (χ0) is 38.4. The quantitative estimate of drug-likeness (QED) is 0.326. The van der Waals surface area contributed by atoms with E-state index in [2.05, 4.69) is 19.9 Å². The molecule has 3 aromatic rings. The summed E-state index contributed by atoms with van der Waals surface area (Å²) in [4.78, 5) is 58.2. The van der Waals surface area contributed by atoms with E-state index in [1.165, 1.54) is 24.3 Å². The average Bonchev–Trinajstić information content (AvgIpc) is 3.84. The first-order valence-electron chi connectivity index (χ1n) is 19.5. The van der Waals surface area contributed by atoms with Gasteiger partial charge in [0.2, 0.25) is 17.4 Å². The Hall–Kier alpha value is -4.30. The molecule has 4 aliphatic rings. The number of aliphatic hydroxyl groups is 1. The number of fused-ring (bicyclic) bond motifs is 3. The number of pyridine rings is 1. The summed E-state index contributed by atoms with van der Waals surface area (Å²) in [6.45, 7) is 13.4. The SMILES string of the molecule is CC(C)(C)OC(=O)N1C[C@H]2C[C@@H]1CN2C(=O)[C@H]1CC[C@@H](n2/c(=N/C(=O)c3cccc(F)c3)[nH]c3cnc(OCCN4CCC(C(C)(C)O)CC4)cc32)CC1. The van der Waals surface area contributed by atoms with Gasteiger partial charge in [-0.15, -0.1) is 0 Å². The van der Waals surface area contributed by atoms with Crippen molar-refractivity contribution in [3.05, 3.63) is 53.5 Å². The van der Waals surface area contributed by atoms with Gasteiger partial charge in [0.25, 0.3) is 5.91 Å². The van der Waals surface area contributed by atoms with Gasteiger partial charge in [0.05, 0.1) is 34.9 Å². The monoisotopic (exact) mass is 747 g/mol. The molecule has 13 nitrogen and oxygen atoms in total. The number of likely N-dealkylation sites (tertiary alicyclic amines) is 3. The zero-order valence-corrected chi connectivity index (χ0v) is 32.1. The third-order valence-electron chi connectivity index (χ3n) is 11.7. The smallest absolute Gasteiger partial charge is 0.410 e. The van der Waals surface area contributed by atoms with Gasteiger partial charge >= 0.3 is 6.09 Å². The van der Waals surface area contributed by atoms with Crippen LogP contribution >= 0.6 is 0 Å². The maximum absolute atomic E-state index is 14.0. The van der Waals surface area contributed by atoms with Gasteiger partial charge in [-0.2, -0.15) is 4.99 Å². The van der Waals surface area contributed by atoms with Crippen molar-refractivity contribution in [3.8, 4) is 5.88 Å². The summed E-state index contributed by atoms with van der Waals surface area (Å²) in [7, 11) is 0. The molecule has 1 aromatic carbocycles. The lowest BCUT2D eigenvalue weighted by molar-refractivity contribution is -0.139. The third-order valence-corrected chi connectivity index (χ3v) is 11.7. The van der Waals surface area contributed by atoms with Crippen molar-refractivity contribution in [3.63, 3.8) is 0 Å². The Morgan fingerprint density at radius 1 is 0.963 bits per heavy atom. The van der Waals surface area contributed by atoms with Gasteiger partial charge in [-0.05, 0) is 117 Å². The number of rotatable bonds is 8. The molecule has 1 saturated carbocycles. The van der Waals surface area contributed by atoms with Crippen LogP contribution in [0.4, 0.5) is 9.18 Å². The van der Waals surface area contributed by atoms with Crippen LogP contribution in [0.15, 0.2) is 41.5 Å². The number of piperidine rings is 1. The molecule has 3 amide bonds. The Morgan fingerprint density at radius 3 is 2.31 bits per heavy atom. The van der Waals surface area contributed by atoms with Crippen LogP contribution in [0.5, 0.6) is 5.88 Å². The highest BCUT2D eigenvalue weighted by atomic mass is 19.1. The first-order valence-corrected chi connectivity index (χ1v) is 19.5. The minimum Gasteiger partial charge on any atom is -0.476 e. The summed E-state index contributed by atoms with van der Waals surface area (Å²) in [5, 5.41) is 10.4. The molecular formula is C40H54FN7O6.